The quantitative estimate of drug-likeness (QED) is 0.708. The van der Waals surface area contributed by atoms with Gasteiger partial charge in [-0.1, -0.05) is 18.2 Å². The Labute approximate surface area is 141 Å². The molecule has 0 radical (unpaired) electrons. The van der Waals surface area contributed by atoms with Crippen molar-refractivity contribution in [1.82, 2.24) is 20.3 Å². The average molecular weight is 330 g/mol. The summed E-state index contributed by atoms with van der Waals surface area (Å²) in [4.78, 5) is 15.4. The Hall–Kier alpha value is -2.25. The topological polar surface area (TPSA) is 73.5 Å². The molecule has 0 saturated carbocycles. The van der Waals surface area contributed by atoms with Crippen LogP contribution in [0.3, 0.4) is 0 Å². The third-order valence-corrected chi connectivity index (χ3v) is 4.18. The van der Waals surface area contributed by atoms with E-state index in [1.807, 2.05) is 30.3 Å². The molecule has 0 aliphatic carbocycles. The Morgan fingerprint density at radius 2 is 2.00 bits per heavy atom. The largest absolute Gasteiger partial charge is 0.370 e. The maximum absolute atomic E-state index is 12.3. The van der Waals surface area contributed by atoms with Crippen LogP contribution in [-0.4, -0.2) is 60.3 Å². The van der Waals surface area contributed by atoms with Gasteiger partial charge in [0.2, 0.25) is 0 Å². The molecule has 1 saturated heterocycles. The number of para-hydroxylation sites is 1. The molecule has 1 aromatic carbocycles. The summed E-state index contributed by atoms with van der Waals surface area (Å²) in [5, 5.41) is 11.6. The van der Waals surface area contributed by atoms with Crippen molar-refractivity contribution >= 4 is 5.91 Å². The monoisotopic (exact) mass is 330 g/mol. The van der Waals surface area contributed by atoms with Crippen LogP contribution < -0.4 is 10.2 Å². The number of hydrogen-bond donors (Lipinski definition) is 2. The van der Waals surface area contributed by atoms with Crippen LogP contribution in [0.5, 0.6) is 0 Å². The molecule has 1 amide bonds. The summed E-state index contributed by atoms with van der Waals surface area (Å²) in [7, 11) is 0. The number of aryl methyl sites for hydroxylation is 1. The third-order valence-electron chi connectivity index (χ3n) is 4.18. The standard InChI is InChI=1S/C17H23N5O2/c1-14-16(20-22(19-14)15-6-3-2-4-7-15)17(23)18-8-5-9-21-10-12-24-13-11-21/h2-4,6-7H,5,8-13H2,1H3,(H,18,23)/p+1. The van der Waals surface area contributed by atoms with E-state index in [0.29, 0.717) is 17.9 Å². The lowest BCUT2D eigenvalue weighted by molar-refractivity contribution is -0.908. The molecule has 2 heterocycles. The second-order valence-electron chi connectivity index (χ2n) is 5.98. The summed E-state index contributed by atoms with van der Waals surface area (Å²) < 4.78 is 5.35. The average Bonchev–Trinajstić information content (AvgIpc) is 3.02. The normalized spacial score (nSPS) is 15.4. The van der Waals surface area contributed by atoms with Gasteiger partial charge in [-0.15, -0.1) is 5.10 Å². The molecular formula is C17H24N5O2+. The van der Waals surface area contributed by atoms with Crippen molar-refractivity contribution in [3.63, 3.8) is 0 Å². The van der Waals surface area contributed by atoms with E-state index in [4.69, 9.17) is 4.74 Å². The van der Waals surface area contributed by atoms with Crippen molar-refractivity contribution in [2.45, 2.75) is 13.3 Å². The highest BCUT2D eigenvalue weighted by Gasteiger charge is 2.17. The number of ether oxygens (including phenoxy) is 1. The number of quaternary nitrogens is 1. The number of aromatic nitrogens is 3. The van der Waals surface area contributed by atoms with Gasteiger partial charge in [0.1, 0.15) is 13.1 Å². The molecule has 1 aromatic heterocycles. The van der Waals surface area contributed by atoms with Gasteiger partial charge in [0.05, 0.1) is 31.1 Å². The lowest BCUT2D eigenvalue weighted by Gasteiger charge is -2.23. The van der Waals surface area contributed by atoms with E-state index in [0.717, 1.165) is 45.0 Å². The fraction of sp³-hybridized carbons (Fsp3) is 0.471. The molecule has 3 rings (SSSR count). The fourth-order valence-electron chi connectivity index (χ4n) is 2.80. The van der Waals surface area contributed by atoms with Gasteiger partial charge < -0.3 is 15.0 Å². The Kier molecular flexibility index (Phi) is 5.55. The molecule has 24 heavy (non-hydrogen) atoms. The first-order valence-corrected chi connectivity index (χ1v) is 8.43. The molecule has 1 fully saturated rings. The zero-order chi connectivity index (χ0) is 16.8. The number of amides is 1. The van der Waals surface area contributed by atoms with Crippen molar-refractivity contribution < 1.29 is 14.4 Å². The van der Waals surface area contributed by atoms with Gasteiger partial charge in [-0.2, -0.15) is 9.90 Å². The number of benzene rings is 1. The second kappa shape index (κ2) is 8.03. The van der Waals surface area contributed by atoms with Crippen LogP contribution in [0.15, 0.2) is 30.3 Å². The Morgan fingerprint density at radius 3 is 2.75 bits per heavy atom. The fourth-order valence-corrected chi connectivity index (χ4v) is 2.80. The van der Waals surface area contributed by atoms with Crippen molar-refractivity contribution in [3.8, 4) is 5.69 Å². The van der Waals surface area contributed by atoms with Crippen LogP contribution in [0.4, 0.5) is 0 Å². The SMILES string of the molecule is Cc1nn(-c2ccccc2)nc1C(=O)NCCC[NH+]1CCOCC1. The van der Waals surface area contributed by atoms with Crippen LogP contribution in [0.25, 0.3) is 5.69 Å². The molecule has 1 aliphatic heterocycles. The molecule has 7 heteroatoms. The molecule has 2 N–H and O–H groups in total. The lowest BCUT2D eigenvalue weighted by Crippen LogP contribution is -3.14. The van der Waals surface area contributed by atoms with Gasteiger partial charge in [-0.25, -0.2) is 0 Å². The van der Waals surface area contributed by atoms with Crippen LogP contribution >= 0.6 is 0 Å². The van der Waals surface area contributed by atoms with E-state index in [1.165, 1.54) is 4.80 Å². The minimum Gasteiger partial charge on any atom is -0.370 e. The summed E-state index contributed by atoms with van der Waals surface area (Å²) in [5.74, 6) is -0.161. The molecule has 7 nitrogen and oxygen atoms in total. The van der Waals surface area contributed by atoms with E-state index in [1.54, 1.807) is 11.8 Å². The first-order valence-electron chi connectivity index (χ1n) is 8.43. The lowest BCUT2D eigenvalue weighted by atomic mass is 10.3. The molecule has 128 valence electrons. The van der Waals surface area contributed by atoms with Crippen molar-refractivity contribution in [2.75, 3.05) is 39.4 Å². The maximum Gasteiger partial charge on any atom is 0.273 e. The highest BCUT2D eigenvalue weighted by atomic mass is 16.5. The predicted molar refractivity (Wildman–Crippen MR) is 89.4 cm³/mol. The smallest absolute Gasteiger partial charge is 0.273 e. The van der Waals surface area contributed by atoms with E-state index in [2.05, 4.69) is 15.5 Å². The Bertz CT molecular complexity index is 665. The minimum absolute atomic E-state index is 0.161. The summed E-state index contributed by atoms with van der Waals surface area (Å²) in [6.07, 6.45) is 0.951. The molecule has 0 bridgehead atoms. The van der Waals surface area contributed by atoms with E-state index >= 15 is 0 Å². The van der Waals surface area contributed by atoms with Gasteiger partial charge in [-0.3, -0.25) is 4.79 Å². The Balaban J connectivity index is 1.51. The number of hydrogen-bond acceptors (Lipinski definition) is 4. The first-order chi connectivity index (χ1) is 11.7. The zero-order valence-electron chi connectivity index (χ0n) is 14.0. The number of carbonyl (C=O) groups excluding carboxylic acids is 1. The van der Waals surface area contributed by atoms with Crippen LogP contribution in [-0.2, 0) is 4.74 Å². The number of nitrogens with one attached hydrogen (secondary N) is 2. The van der Waals surface area contributed by atoms with Crippen LogP contribution in [0.2, 0.25) is 0 Å². The third kappa shape index (κ3) is 4.18. The van der Waals surface area contributed by atoms with Crippen LogP contribution in [0, 0.1) is 6.92 Å². The van der Waals surface area contributed by atoms with Gasteiger partial charge >= 0.3 is 0 Å². The van der Waals surface area contributed by atoms with E-state index in [9.17, 15) is 4.79 Å². The number of morpholine rings is 1. The first kappa shape index (κ1) is 16.6. The molecule has 0 unspecified atom stereocenters. The number of nitrogens with zero attached hydrogens (tertiary/aromatic N) is 3. The molecule has 2 aromatic rings. The molecule has 0 atom stereocenters. The molecule has 0 spiro atoms. The van der Waals surface area contributed by atoms with E-state index in [-0.39, 0.29) is 5.91 Å². The van der Waals surface area contributed by atoms with Crippen molar-refractivity contribution in [3.05, 3.63) is 41.7 Å². The van der Waals surface area contributed by atoms with E-state index < -0.39 is 0 Å². The molecule has 1 aliphatic rings. The summed E-state index contributed by atoms with van der Waals surface area (Å²) in [6, 6.07) is 9.59. The maximum atomic E-state index is 12.3. The summed E-state index contributed by atoms with van der Waals surface area (Å²) in [6.45, 7) is 7.29. The zero-order valence-corrected chi connectivity index (χ0v) is 14.0. The Morgan fingerprint density at radius 1 is 1.25 bits per heavy atom. The van der Waals surface area contributed by atoms with Crippen molar-refractivity contribution in [1.29, 1.82) is 0 Å². The van der Waals surface area contributed by atoms with Gasteiger partial charge in [0, 0.05) is 13.0 Å². The van der Waals surface area contributed by atoms with Crippen molar-refractivity contribution in [2.24, 2.45) is 0 Å². The van der Waals surface area contributed by atoms with Crippen LogP contribution in [0.1, 0.15) is 22.6 Å². The molecular weight excluding hydrogens is 306 g/mol. The number of carbonyl (C=O) groups is 1. The van der Waals surface area contributed by atoms with Gasteiger partial charge in [0.25, 0.3) is 5.91 Å². The minimum atomic E-state index is -0.161. The summed E-state index contributed by atoms with van der Waals surface area (Å²) >= 11 is 0. The second-order valence-corrected chi connectivity index (χ2v) is 5.98. The highest BCUT2D eigenvalue weighted by Crippen LogP contribution is 2.07. The van der Waals surface area contributed by atoms with Gasteiger partial charge in [-0.05, 0) is 19.1 Å². The summed E-state index contributed by atoms with van der Waals surface area (Å²) in [5.41, 5.74) is 1.86. The predicted octanol–water partition coefficient (Wildman–Crippen LogP) is -0.389. The number of rotatable bonds is 6. The van der Waals surface area contributed by atoms with Gasteiger partial charge in [0.15, 0.2) is 5.69 Å². The highest BCUT2D eigenvalue weighted by molar-refractivity contribution is 5.93.